The minimum Gasteiger partial charge on any atom is -0.319 e. The van der Waals surface area contributed by atoms with Gasteiger partial charge in [-0.3, -0.25) is 4.79 Å². The molecule has 0 saturated carbocycles. The highest BCUT2D eigenvalue weighted by atomic mass is 79.9. The lowest BCUT2D eigenvalue weighted by Crippen LogP contribution is -2.40. The fraction of sp³-hybridized carbons (Fsp3) is 0.250. The predicted molar refractivity (Wildman–Crippen MR) is 51.5 cm³/mol. The van der Waals surface area contributed by atoms with E-state index < -0.39 is 18.3 Å². The second-order valence-corrected chi connectivity index (χ2v) is 3.56. The van der Waals surface area contributed by atoms with Crippen molar-refractivity contribution >= 4 is 27.5 Å². The van der Waals surface area contributed by atoms with Gasteiger partial charge in [0.15, 0.2) is 0 Å². The summed E-state index contributed by atoms with van der Waals surface area (Å²) in [5.41, 5.74) is -0.0893. The lowest BCUT2D eigenvalue weighted by Gasteiger charge is -2.14. The number of nitrogens with one attached hydrogen (secondary N) is 1. The number of amides is 1. The summed E-state index contributed by atoms with van der Waals surface area (Å²) >= 11 is 2.98. The van der Waals surface area contributed by atoms with Gasteiger partial charge in [0.1, 0.15) is 4.60 Å². The molecule has 0 spiro atoms. The number of aromatic nitrogens is 1. The van der Waals surface area contributed by atoms with E-state index in [1.807, 2.05) is 0 Å². The van der Waals surface area contributed by atoms with E-state index in [4.69, 9.17) is 0 Å². The zero-order valence-electron chi connectivity index (χ0n) is 7.55. The van der Waals surface area contributed by atoms with E-state index in [2.05, 4.69) is 20.9 Å². The molecular formula is C8H5BrF4N2O. The zero-order valence-corrected chi connectivity index (χ0v) is 9.14. The molecule has 0 aliphatic rings. The maximum atomic E-state index is 12.5. The van der Waals surface area contributed by atoms with Crippen LogP contribution in [0.4, 0.5) is 23.2 Å². The van der Waals surface area contributed by atoms with E-state index >= 15 is 0 Å². The molecule has 1 aromatic heterocycles. The van der Waals surface area contributed by atoms with Gasteiger partial charge in [-0.2, -0.15) is 8.78 Å². The Bertz CT molecular complexity index is 382. The highest BCUT2D eigenvalue weighted by Gasteiger charge is 2.48. The van der Waals surface area contributed by atoms with Gasteiger partial charge in [0, 0.05) is 0 Å². The second kappa shape index (κ2) is 4.77. The Hall–Kier alpha value is -1.18. The first-order chi connectivity index (χ1) is 7.34. The van der Waals surface area contributed by atoms with Gasteiger partial charge in [-0.25, -0.2) is 13.8 Å². The van der Waals surface area contributed by atoms with Gasteiger partial charge in [-0.05, 0) is 28.1 Å². The predicted octanol–water partition coefficient (Wildman–Crippen LogP) is 2.68. The summed E-state index contributed by atoms with van der Waals surface area (Å²) < 4.78 is 49.0. The molecule has 0 bridgehead atoms. The Morgan fingerprint density at radius 2 is 2.06 bits per heavy atom. The number of carbonyl (C=O) groups is 1. The molecule has 0 aliphatic heterocycles. The van der Waals surface area contributed by atoms with Crippen molar-refractivity contribution in [3.8, 4) is 0 Å². The van der Waals surface area contributed by atoms with E-state index in [1.54, 1.807) is 5.32 Å². The first kappa shape index (κ1) is 12.9. The van der Waals surface area contributed by atoms with E-state index in [1.165, 1.54) is 12.1 Å². The normalized spacial score (nSPS) is 11.6. The quantitative estimate of drug-likeness (QED) is 0.689. The van der Waals surface area contributed by atoms with Crippen molar-refractivity contribution in [3.05, 3.63) is 22.9 Å². The number of hydrogen-bond donors (Lipinski definition) is 1. The summed E-state index contributed by atoms with van der Waals surface area (Å²) in [7, 11) is 0. The van der Waals surface area contributed by atoms with Crippen LogP contribution < -0.4 is 5.32 Å². The molecule has 1 N–H and O–H groups in total. The van der Waals surface area contributed by atoms with Crippen molar-refractivity contribution in [2.75, 3.05) is 5.32 Å². The van der Waals surface area contributed by atoms with Crippen molar-refractivity contribution < 1.29 is 22.4 Å². The van der Waals surface area contributed by atoms with Crippen LogP contribution in [0.2, 0.25) is 0 Å². The van der Waals surface area contributed by atoms with Crippen molar-refractivity contribution in [2.45, 2.75) is 12.3 Å². The number of nitrogens with zero attached hydrogens (tertiary/aromatic N) is 1. The molecule has 1 rings (SSSR count). The molecule has 1 aromatic rings. The smallest absolute Gasteiger partial charge is 0.319 e. The minimum absolute atomic E-state index is 0.0893. The van der Waals surface area contributed by atoms with Gasteiger partial charge < -0.3 is 5.32 Å². The van der Waals surface area contributed by atoms with Crippen LogP contribution in [0.25, 0.3) is 0 Å². The van der Waals surface area contributed by atoms with Crippen molar-refractivity contribution in [2.24, 2.45) is 0 Å². The maximum absolute atomic E-state index is 12.5. The highest BCUT2D eigenvalue weighted by molar-refractivity contribution is 9.10. The van der Waals surface area contributed by atoms with Crippen LogP contribution >= 0.6 is 15.9 Å². The molecule has 0 unspecified atom stereocenters. The molecule has 8 heteroatoms. The van der Waals surface area contributed by atoms with Gasteiger partial charge >= 0.3 is 18.3 Å². The van der Waals surface area contributed by atoms with Crippen molar-refractivity contribution in [1.82, 2.24) is 4.98 Å². The van der Waals surface area contributed by atoms with E-state index in [9.17, 15) is 22.4 Å². The molecule has 1 heterocycles. The number of hydrogen-bond acceptors (Lipinski definition) is 2. The van der Waals surface area contributed by atoms with E-state index in [0.29, 0.717) is 4.60 Å². The molecule has 0 aliphatic carbocycles. The Morgan fingerprint density at radius 3 is 2.50 bits per heavy atom. The molecule has 16 heavy (non-hydrogen) atoms. The van der Waals surface area contributed by atoms with Gasteiger partial charge in [0.25, 0.3) is 0 Å². The SMILES string of the molecule is O=C(Nc1ccc(Br)nc1)C(F)(F)C(F)F. The van der Waals surface area contributed by atoms with Crippen molar-refractivity contribution in [3.63, 3.8) is 0 Å². The monoisotopic (exact) mass is 300 g/mol. The average molecular weight is 301 g/mol. The molecule has 0 saturated heterocycles. The number of pyridine rings is 1. The molecule has 88 valence electrons. The summed E-state index contributed by atoms with van der Waals surface area (Å²) in [5, 5.41) is 1.64. The topological polar surface area (TPSA) is 42.0 Å². The van der Waals surface area contributed by atoms with Gasteiger partial charge in [0.2, 0.25) is 0 Å². The van der Waals surface area contributed by atoms with Crippen LogP contribution in [-0.4, -0.2) is 23.2 Å². The maximum Gasteiger partial charge on any atom is 0.383 e. The summed E-state index contributed by atoms with van der Waals surface area (Å²) in [4.78, 5) is 14.4. The standard InChI is InChI=1S/C8H5BrF4N2O/c9-5-2-1-4(3-14-5)15-7(16)8(12,13)6(10)11/h1-3,6H,(H,15,16). The number of carbonyl (C=O) groups excluding carboxylic acids is 1. The summed E-state index contributed by atoms with van der Waals surface area (Å²) in [6, 6.07) is 2.62. The molecular weight excluding hydrogens is 296 g/mol. The van der Waals surface area contributed by atoms with Crippen LogP contribution in [0.15, 0.2) is 22.9 Å². The molecule has 0 atom stereocenters. The lowest BCUT2D eigenvalue weighted by atomic mass is 10.3. The van der Waals surface area contributed by atoms with E-state index in [0.717, 1.165) is 6.20 Å². The Balaban J connectivity index is 2.75. The van der Waals surface area contributed by atoms with Crippen LogP contribution in [0.5, 0.6) is 0 Å². The first-order valence-corrected chi connectivity index (χ1v) is 4.72. The second-order valence-electron chi connectivity index (χ2n) is 2.75. The largest absolute Gasteiger partial charge is 0.383 e. The fourth-order valence-corrected chi connectivity index (χ4v) is 0.998. The number of halogens is 5. The average Bonchev–Trinajstić information content (AvgIpc) is 2.21. The fourth-order valence-electron chi connectivity index (χ4n) is 0.763. The third-order valence-corrected chi connectivity index (χ3v) is 2.03. The van der Waals surface area contributed by atoms with E-state index in [-0.39, 0.29) is 5.69 Å². The van der Waals surface area contributed by atoms with Gasteiger partial charge in [0.05, 0.1) is 11.9 Å². The molecule has 3 nitrogen and oxygen atoms in total. The molecule has 0 aromatic carbocycles. The third-order valence-electron chi connectivity index (χ3n) is 1.56. The Morgan fingerprint density at radius 1 is 1.44 bits per heavy atom. The highest BCUT2D eigenvalue weighted by Crippen LogP contribution is 2.24. The molecule has 0 radical (unpaired) electrons. The Kier molecular flexibility index (Phi) is 3.84. The minimum atomic E-state index is -4.72. The third kappa shape index (κ3) is 2.91. The van der Waals surface area contributed by atoms with Gasteiger partial charge in [-0.15, -0.1) is 0 Å². The first-order valence-electron chi connectivity index (χ1n) is 3.93. The summed E-state index contributed by atoms with van der Waals surface area (Å²) in [6.45, 7) is 0. The van der Waals surface area contributed by atoms with Crippen molar-refractivity contribution in [1.29, 1.82) is 0 Å². The molecule has 0 fully saturated rings. The number of alkyl halides is 4. The number of anilines is 1. The van der Waals surface area contributed by atoms with Crippen LogP contribution in [-0.2, 0) is 4.79 Å². The van der Waals surface area contributed by atoms with Crippen LogP contribution in [0, 0.1) is 0 Å². The zero-order chi connectivity index (χ0) is 12.3. The number of rotatable bonds is 3. The van der Waals surface area contributed by atoms with Gasteiger partial charge in [-0.1, -0.05) is 0 Å². The molecule has 1 amide bonds. The Labute approximate surface area is 96.0 Å². The summed E-state index contributed by atoms with van der Waals surface area (Å²) in [6.07, 6.45) is -2.99. The van der Waals surface area contributed by atoms with Crippen LogP contribution in [0.3, 0.4) is 0 Å². The van der Waals surface area contributed by atoms with Crippen LogP contribution in [0.1, 0.15) is 0 Å². The lowest BCUT2D eigenvalue weighted by molar-refractivity contribution is -0.163. The summed E-state index contributed by atoms with van der Waals surface area (Å²) in [5.74, 6) is -6.78.